The molecule has 1 aromatic heterocycles. The standard InChI is InChI=1S/C8H11NS/c1-7-5-8(10-6-7)3-2-4-9/h2-3,5-6H,4,9H2,1H3/b3-2+. The first-order valence-electron chi connectivity index (χ1n) is 3.24. The molecule has 1 aromatic rings. The topological polar surface area (TPSA) is 26.0 Å². The predicted octanol–water partition coefficient (Wildman–Crippen LogP) is 2.03. The van der Waals surface area contributed by atoms with Crippen molar-refractivity contribution in [3.8, 4) is 0 Å². The van der Waals surface area contributed by atoms with Gasteiger partial charge in [0.2, 0.25) is 0 Å². The van der Waals surface area contributed by atoms with Crippen LogP contribution in [-0.2, 0) is 0 Å². The Kier molecular flexibility index (Phi) is 2.66. The normalized spacial score (nSPS) is 11.0. The summed E-state index contributed by atoms with van der Waals surface area (Å²) in [5.41, 5.74) is 6.62. The molecule has 1 rings (SSSR count). The van der Waals surface area contributed by atoms with Gasteiger partial charge in [-0.25, -0.2) is 0 Å². The maximum absolute atomic E-state index is 5.30. The van der Waals surface area contributed by atoms with Crippen LogP contribution in [0.4, 0.5) is 0 Å². The smallest absolute Gasteiger partial charge is 0.0270 e. The Bertz CT molecular complexity index is 225. The number of aryl methyl sites for hydroxylation is 1. The van der Waals surface area contributed by atoms with E-state index in [1.165, 1.54) is 10.4 Å². The monoisotopic (exact) mass is 153 g/mol. The Balaban J connectivity index is 2.67. The maximum Gasteiger partial charge on any atom is 0.0270 e. The molecule has 0 saturated carbocycles. The summed E-state index contributed by atoms with van der Waals surface area (Å²) in [5.74, 6) is 0. The van der Waals surface area contributed by atoms with E-state index in [0.29, 0.717) is 6.54 Å². The summed E-state index contributed by atoms with van der Waals surface area (Å²) in [6.07, 6.45) is 4.02. The van der Waals surface area contributed by atoms with E-state index in [1.807, 2.05) is 6.08 Å². The fourth-order valence-electron chi connectivity index (χ4n) is 0.725. The molecule has 0 bridgehead atoms. The summed E-state index contributed by atoms with van der Waals surface area (Å²) >= 11 is 1.75. The van der Waals surface area contributed by atoms with Gasteiger partial charge in [0.15, 0.2) is 0 Å². The van der Waals surface area contributed by atoms with Gasteiger partial charge in [0.05, 0.1) is 0 Å². The molecule has 0 aliphatic rings. The maximum atomic E-state index is 5.30. The largest absolute Gasteiger partial charge is 0.327 e. The van der Waals surface area contributed by atoms with Crippen molar-refractivity contribution in [1.29, 1.82) is 0 Å². The zero-order valence-electron chi connectivity index (χ0n) is 6.00. The molecule has 10 heavy (non-hydrogen) atoms. The van der Waals surface area contributed by atoms with E-state index in [4.69, 9.17) is 5.73 Å². The van der Waals surface area contributed by atoms with E-state index >= 15 is 0 Å². The fraction of sp³-hybridized carbons (Fsp3) is 0.250. The fourth-order valence-corrected chi connectivity index (χ4v) is 1.54. The minimum atomic E-state index is 0.622. The predicted molar refractivity (Wildman–Crippen MR) is 47.1 cm³/mol. The van der Waals surface area contributed by atoms with E-state index in [2.05, 4.69) is 24.4 Å². The van der Waals surface area contributed by atoms with E-state index in [-0.39, 0.29) is 0 Å². The molecule has 0 radical (unpaired) electrons. The molecule has 0 aliphatic heterocycles. The molecule has 0 fully saturated rings. The van der Waals surface area contributed by atoms with Gasteiger partial charge >= 0.3 is 0 Å². The number of hydrogen-bond donors (Lipinski definition) is 1. The highest BCUT2D eigenvalue weighted by atomic mass is 32.1. The molecule has 2 heteroatoms. The molecule has 1 heterocycles. The first-order valence-corrected chi connectivity index (χ1v) is 4.12. The highest BCUT2D eigenvalue weighted by Crippen LogP contribution is 2.14. The van der Waals surface area contributed by atoms with Gasteiger partial charge in [-0.3, -0.25) is 0 Å². The average molecular weight is 153 g/mol. The van der Waals surface area contributed by atoms with Crippen molar-refractivity contribution in [1.82, 2.24) is 0 Å². The lowest BCUT2D eigenvalue weighted by atomic mass is 10.3. The zero-order chi connectivity index (χ0) is 7.40. The van der Waals surface area contributed by atoms with Crippen LogP contribution in [-0.4, -0.2) is 6.54 Å². The Morgan fingerprint density at radius 1 is 1.70 bits per heavy atom. The van der Waals surface area contributed by atoms with Crippen LogP contribution in [0.2, 0.25) is 0 Å². The first-order chi connectivity index (χ1) is 4.83. The quantitative estimate of drug-likeness (QED) is 0.691. The molecular weight excluding hydrogens is 142 g/mol. The van der Waals surface area contributed by atoms with Crippen LogP contribution in [0.3, 0.4) is 0 Å². The molecule has 0 amide bonds. The second kappa shape index (κ2) is 3.54. The third-order valence-electron chi connectivity index (χ3n) is 1.17. The first kappa shape index (κ1) is 7.51. The van der Waals surface area contributed by atoms with Crippen LogP contribution >= 0.6 is 11.3 Å². The summed E-state index contributed by atoms with van der Waals surface area (Å²) in [6.45, 7) is 2.72. The van der Waals surface area contributed by atoms with Gasteiger partial charge in [0, 0.05) is 11.4 Å². The summed E-state index contributed by atoms with van der Waals surface area (Å²) < 4.78 is 0. The zero-order valence-corrected chi connectivity index (χ0v) is 6.82. The molecule has 0 saturated heterocycles. The Morgan fingerprint density at radius 3 is 3.00 bits per heavy atom. The lowest BCUT2D eigenvalue weighted by molar-refractivity contribution is 1.26. The van der Waals surface area contributed by atoms with Crippen molar-refractivity contribution in [3.05, 3.63) is 28.0 Å². The van der Waals surface area contributed by atoms with Crippen LogP contribution in [0.15, 0.2) is 17.5 Å². The van der Waals surface area contributed by atoms with E-state index in [9.17, 15) is 0 Å². The number of nitrogens with two attached hydrogens (primary N) is 1. The Labute approximate surface area is 65.2 Å². The van der Waals surface area contributed by atoms with Crippen molar-refractivity contribution in [3.63, 3.8) is 0 Å². The molecule has 0 aliphatic carbocycles. The van der Waals surface area contributed by atoms with E-state index < -0.39 is 0 Å². The average Bonchev–Trinajstić information content (AvgIpc) is 2.31. The van der Waals surface area contributed by atoms with Crippen molar-refractivity contribution >= 4 is 17.4 Å². The Morgan fingerprint density at radius 2 is 2.50 bits per heavy atom. The molecule has 54 valence electrons. The lowest BCUT2D eigenvalue weighted by Crippen LogP contribution is -1.91. The molecule has 0 atom stereocenters. The van der Waals surface area contributed by atoms with Crippen LogP contribution in [0.25, 0.3) is 6.08 Å². The molecule has 1 nitrogen and oxygen atoms in total. The minimum Gasteiger partial charge on any atom is -0.327 e. The highest BCUT2D eigenvalue weighted by Gasteiger charge is 1.88. The van der Waals surface area contributed by atoms with Crippen LogP contribution in [0, 0.1) is 6.92 Å². The molecule has 0 spiro atoms. The summed E-state index contributed by atoms with van der Waals surface area (Å²) in [4.78, 5) is 1.28. The minimum absolute atomic E-state index is 0.622. The summed E-state index contributed by atoms with van der Waals surface area (Å²) in [7, 11) is 0. The highest BCUT2D eigenvalue weighted by molar-refractivity contribution is 7.11. The number of rotatable bonds is 2. The summed E-state index contributed by atoms with van der Waals surface area (Å²) in [5, 5.41) is 2.14. The second-order valence-electron chi connectivity index (χ2n) is 2.16. The van der Waals surface area contributed by atoms with Crippen molar-refractivity contribution in [2.24, 2.45) is 5.73 Å². The molecule has 0 unspecified atom stereocenters. The van der Waals surface area contributed by atoms with E-state index in [0.717, 1.165) is 0 Å². The van der Waals surface area contributed by atoms with Gasteiger partial charge in [0.1, 0.15) is 0 Å². The van der Waals surface area contributed by atoms with Gasteiger partial charge in [-0.15, -0.1) is 11.3 Å². The number of thiophene rings is 1. The van der Waals surface area contributed by atoms with Gasteiger partial charge in [-0.05, 0) is 30.0 Å². The van der Waals surface area contributed by atoms with Crippen LogP contribution in [0.5, 0.6) is 0 Å². The third-order valence-corrected chi connectivity index (χ3v) is 2.18. The summed E-state index contributed by atoms with van der Waals surface area (Å²) in [6, 6.07) is 2.15. The van der Waals surface area contributed by atoms with Crippen molar-refractivity contribution < 1.29 is 0 Å². The third kappa shape index (κ3) is 1.97. The molecule has 2 N–H and O–H groups in total. The lowest BCUT2D eigenvalue weighted by Gasteiger charge is -1.80. The van der Waals surface area contributed by atoms with Gasteiger partial charge in [-0.1, -0.05) is 6.08 Å². The molecule has 0 aromatic carbocycles. The second-order valence-corrected chi connectivity index (χ2v) is 3.11. The van der Waals surface area contributed by atoms with Crippen molar-refractivity contribution in [2.75, 3.05) is 6.54 Å². The number of hydrogen-bond acceptors (Lipinski definition) is 2. The Hall–Kier alpha value is -0.600. The van der Waals surface area contributed by atoms with Crippen LogP contribution < -0.4 is 5.73 Å². The van der Waals surface area contributed by atoms with Crippen molar-refractivity contribution in [2.45, 2.75) is 6.92 Å². The van der Waals surface area contributed by atoms with Gasteiger partial charge < -0.3 is 5.73 Å². The van der Waals surface area contributed by atoms with Gasteiger partial charge in [-0.2, -0.15) is 0 Å². The molecular formula is C8H11NS. The SMILES string of the molecule is Cc1csc(/C=C/CN)c1. The van der Waals surface area contributed by atoms with E-state index in [1.54, 1.807) is 11.3 Å². The van der Waals surface area contributed by atoms with Gasteiger partial charge in [0.25, 0.3) is 0 Å². The van der Waals surface area contributed by atoms with Crippen LogP contribution in [0.1, 0.15) is 10.4 Å².